The Morgan fingerprint density at radius 3 is 2.16 bits per heavy atom. The molecule has 0 fully saturated rings. The van der Waals surface area contributed by atoms with Crippen molar-refractivity contribution in [2.45, 2.75) is 25.1 Å². The summed E-state index contributed by atoms with van der Waals surface area (Å²) in [6.07, 6.45) is -5.72. The van der Waals surface area contributed by atoms with Gasteiger partial charge in [-0.25, -0.2) is 0 Å². The number of rotatable bonds is 9. The van der Waals surface area contributed by atoms with Gasteiger partial charge in [0.25, 0.3) is 0 Å². The van der Waals surface area contributed by atoms with E-state index in [2.05, 4.69) is 0 Å². The molecule has 0 spiro atoms. The molecule has 2 unspecified atom stereocenters. The summed E-state index contributed by atoms with van der Waals surface area (Å²) in [6, 6.07) is 23.2. The smallest absolute Gasteiger partial charge is 0.397 e. The number of halogens is 3. The molecule has 0 aliphatic carbocycles. The fourth-order valence-electron chi connectivity index (χ4n) is 3.11. The minimum Gasteiger partial charge on any atom is -0.494 e. The number of nitrogens with zero attached hydrogens (tertiary/aromatic N) is 1. The second-order valence-corrected chi connectivity index (χ2v) is 6.93. The summed E-state index contributed by atoms with van der Waals surface area (Å²) in [7, 11) is 0. The molecule has 0 saturated carbocycles. The van der Waals surface area contributed by atoms with Crippen LogP contribution in [0.3, 0.4) is 0 Å². The highest BCUT2D eigenvalue weighted by Gasteiger charge is 2.41. The summed E-state index contributed by atoms with van der Waals surface area (Å²) in [6.45, 7) is 1.52. The second-order valence-electron chi connectivity index (χ2n) is 6.93. The first kappa shape index (κ1) is 23.2. The Bertz CT molecular complexity index is 1030. The van der Waals surface area contributed by atoms with Gasteiger partial charge in [-0.15, -0.1) is 0 Å². The summed E-state index contributed by atoms with van der Waals surface area (Å²) >= 11 is 0. The SMILES string of the molecule is CCOc1ccc(C(COC(C#N)c2cccc(Oc3ccccc3)c2)C(F)(F)F)cc1. The third-order valence-corrected chi connectivity index (χ3v) is 4.68. The van der Waals surface area contributed by atoms with Gasteiger partial charge in [0.2, 0.25) is 0 Å². The van der Waals surface area contributed by atoms with Crippen molar-refractivity contribution in [2.75, 3.05) is 13.2 Å². The van der Waals surface area contributed by atoms with Crippen LogP contribution in [0.5, 0.6) is 17.2 Å². The lowest BCUT2D eigenvalue weighted by molar-refractivity contribution is -0.165. The molecule has 0 saturated heterocycles. The fraction of sp³-hybridized carbons (Fsp3) is 0.240. The summed E-state index contributed by atoms with van der Waals surface area (Å²) in [5.41, 5.74) is 0.451. The van der Waals surface area contributed by atoms with E-state index in [4.69, 9.17) is 14.2 Å². The van der Waals surface area contributed by atoms with Gasteiger partial charge in [-0.05, 0) is 54.4 Å². The zero-order valence-electron chi connectivity index (χ0n) is 17.4. The minimum absolute atomic E-state index is 0.0406. The highest BCUT2D eigenvalue weighted by molar-refractivity contribution is 5.36. The first-order chi connectivity index (χ1) is 15.4. The van der Waals surface area contributed by atoms with E-state index < -0.39 is 24.8 Å². The Morgan fingerprint density at radius 2 is 1.53 bits per heavy atom. The summed E-state index contributed by atoms with van der Waals surface area (Å²) in [5.74, 6) is -0.329. The fourth-order valence-corrected chi connectivity index (χ4v) is 3.11. The first-order valence-electron chi connectivity index (χ1n) is 10.0. The van der Waals surface area contributed by atoms with E-state index >= 15 is 0 Å². The van der Waals surface area contributed by atoms with Crippen molar-refractivity contribution in [3.63, 3.8) is 0 Å². The zero-order valence-corrected chi connectivity index (χ0v) is 17.4. The molecule has 0 bridgehead atoms. The van der Waals surface area contributed by atoms with E-state index in [1.165, 1.54) is 24.3 Å². The molecule has 3 rings (SSSR count). The van der Waals surface area contributed by atoms with E-state index in [-0.39, 0.29) is 5.56 Å². The molecule has 0 radical (unpaired) electrons. The van der Waals surface area contributed by atoms with Crippen LogP contribution in [0.15, 0.2) is 78.9 Å². The third-order valence-electron chi connectivity index (χ3n) is 4.68. The third kappa shape index (κ3) is 6.25. The molecule has 0 aliphatic heterocycles. The molecular weight excluding hydrogens is 419 g/mol. The normalized spacial score (nSPS) is 13.1. The van der Waals surface area contributed by atoms with Gasteiger partial charge in [0.15, 0.2) is 6.10 Å². The van der Waals surface area contributed by atoms with Gasteiger partial charge in [0.05, 0.1) is 19.3 Å². The summed E-state index contributed by atoms with van der Waals surface area (Å²) in [5, 5.41) is 9.53. The number of ether oxygens (including phenoxy) is 3. The van der Waals surface area contributed by atoms with Gasteiger partial charge in [-0.2, -0.15) is 18.4 Å². The molecule has 0 amide bonds. The van der Waals surface area contributed by atoms with Crippen molar-refractivity contribution in [1.29, 1.82) is 5.26 Å². The van der Waals surface area contributed by atoms with Crippen LogP contribution in [0.1, 0.15) is 30.1 Å². The van der Waals surface area contributed by atoms with Crippen molar-refractivity contribution in [3.05, 3.63) is 90.0 Å². The average Bonchev–Trinajstić information content (AvgIpc) is 2.78. The van der Waals surface area contributed by atoms with E-state index in [0.29, 0.717) is 29.4 Å². The monoisotopic (exact) mass is 441 g/mol. The zero-order chi connectivity index (χ0) is 23.0. The van der Waals surface area contributed by atoms with Crippen LogP contribution < -0.4 is 9.47 Å². The Hall–Kier alpha value is -3.50. The second kappa shape index (κ2) is 10.7. The van der Waals surface area contributed by atoms with Gasteiger partial charge < -0.3 is 14.2 Å². The van der Waals surface area contributed by atoms with Crippen LogP contribution in [0.4, 0.5) is 13.2 Å². The highest BCUT2D eigenvalue weighted by atomic mass is 19.4. The molecule has 166 valence electrons. The van der Waals surface area contributed by atoms with Crippen molar-refractivity contribution >= 4 is 0 Å². The number of para-hydroxylation sites is 1. The predicted octanol–water partition coefficient (Wildman–Crippen LogP) is 6.80. The first-order valence-corrected chi connectivity index (χ1v) is 10.0. The Labute approximate surface area is 184 Å². The highest BCUT2D eigenvalue weighted by Crippen LogP contribution is 2.37. The van der Waals surface area contributed by atoms with Gasteiger partial charge in [-0.1, -0.05) is 42.5 Å². The van der Waals surface area contributed by atoms with Crippen LogP contribution in [0.2, 0.25) is 0 Å². The number of benzene rings is 3. The molecular formula is C25H22F3NO3. The van der Waals surface area contributed by atoms with Gasteiger partial charge >= 0.3 is 6.18 Å². The number of hydrogen-bond acceptors (Lipinski definition) is 4. The van der Waals surface area contributed by atoms with Gasteiger partial charge in [-0.3, -0.25) is 0 Å². The predicted molar refractivity (Wildman–Crippen MR) is 114 cm³/mol. The van der Waals surface area contributed by atoms with Crippen LogP contribution in [-0.2, 0) is 4.74 Å². The maximum absolute atomic E-state index is 13.7. The molecule has 7 heteroatoms. The topological polar surface area (TPSA) is 51.5 Å². The Morgan fingerprint density at radius 1 is 0.844 bits per heavy atom. The number of nitriles is 1. The van der Waals surface area contributed by atoms with Crippen molar-refractivity contribution in [3.8, 4) is 23.3 Å². The lowest BCUT2D eigenvalue weighted by atomic mass is 9.99. The molecule has 2 atom stereocenters. The minimum atomic E-state index is -4.54. The average molecular weight is 441 g/mol. The maximum Gasteiger partial charge on any atom is 0.397 e. The van der Waals surface area contributed by atoms with E-state index in [0.717, 1.165) is 0 Å². The molecule has 4 nitrogen and oxygen atoms in total. The molecule has 0 aromatic heterocycles. The summed E-state index contributed by atoms with van der Waals surface area (Å²) in [4.78, 5) is 0. The molecule has 0 heterocycles. The largest absolute Gasteiger partial charge is 0.494 e. The molecule has 32 heavy (non-hydrogen) atoms. The number of hydrogen-bond donors (Lipinski definition) is 0. The van der Waals surface area contributed by atoms with E-state index in [1.807, 2.05) is 24.3 Å². The maximum atomic E-state index is 13.7. The molecule has 3 aromatic rings. The quantitative estimate of drug-likeness (QED) is 0.366. The van der Waals surface area contributed by atoms with Crippen LogP contribution in [-0.4, -0.2) is 19.4 Å². The van der Waals surface area contributed by atoms with E-state index in [9.17, 15) is 18.4 Å². The summed E-state index contributed by atoms with van der Waals surface area (Å²) < 4.78 is 57.6. The Kier molecular flexibility index (Phi) is 7.74. The van der Waals surface area contributed by atoms with Crippen LogP contribution >= 0.6 is 0 Å². The molecule has 0 N–H and O–H groups in total. The van der Waals surface area contributed by atoms with E-state index in [1.54, 1.807) is 43.3 Å². The van der Waals surface area contributed by atoms with Crippen molar-refractivity contribution in [2.24, 2.45) is 0 Å². The number of alkyl halides is 3. The van der Waals surface area contributed by atoms with Crippen LogP contribution in [0.25, 0.3) is 0 Å². The Balaban J connectivity index is 1.73. The molecule has 3 aromatic carbocycles. The molecule has 0 aliphatic rings. The van der Waals surface area contributed by atoms with Crippen molar-refractivity contribution in [1.82, 2.24) is 0 Å². The van der Waals surface area contributed by atoms with Crippen molar-refractivity contribution < 1.29 is 27.4 Å². The van der Waals surface area contributed by atoms with Crippen LogP contribution in [0, 0.1) is 11.3 Å². The van der Waals surface area contributed by atoms with Gasteiger partial charge in [0, 0.05) is 0 Å². The lowest BCUT2D eigenvalue weighted by Gasteiger charge is -2.22. The standard InChI is InChI=1S/C25H22F3NO3/c1-2-30-20-13-11-18(12-14-20)23(25(26,27)28)17-31-24(16-29)19-7-6-10-22(15-19)32-21-8-4-3-5-9-21/h3-15,23-24H,2,17H2,1H3. The van der Waals surface area contributed by atoms with Gasteiger partial charge in [0.1, 0.15) is 23.2 Å². The lowest BCUT2D eigenvalue weighted by Crippen LogP contribution is -2.26.